The molecule has 0 radical (unpaired) electrons. The van der Waals surface area contributed by atoms with Crippen molar-refractivity contribution in [1.29, 1.82) is 0 Å². The minimum atomic E-state index is 0.921. The first-order valence-corrected chi connectivity index (χ1v) is 5.90. The number of rotatable bonds is 3. The van der Waals surface area contributed by atoms with Crippen molar-refractivity contribution < 1.29 is 0 Å². The number of pyridine rings is 1. The van der Waals surface area contributed by atoms with Crippen LogP contribution in [-0.4, -0.2) is 15.2 Å². The number of aromatic nitrogens is 3. The molecular formula is C15H13N3. The van der Waals surface area contributed by atoms with Crippen LogP contribution in [0, 0.1) is 0 Å². The molecule has 0 aliphatic carbocycles. The summed E-state index contributed by atoms with van der Waals surface area (Å²) < 4.78 is 0. The van der Waals surface area contributed by atoms with Crippen molar-refractivity contribution in [3.05, 3.63) is 72.1 Å². The molecule has 0 amide bonds. The van der Waals surface area contributed by atoms with Gasteiger partial charge >= 0.3 is 0 Å². The van der Waals surface area contributed by atoms with Gasteiger partial charge in [0, 0.05) is 12.4 Å². The third kappa shape index (κ3) is 2.30. The molecule has 0 saturated heterocycles. The molecule has 3 rings (SSSR count). The van der Waals surface area contributed by atoms with Crippen LogP contribution in [0.4, 0.5) is 0 Å². The molecule has 3 heteroatoms. The lowest BCUT2D eigenvalue weighted by Gasteiger charge is -2.03. The van der Waals surface area contributed by atoms with Gasteiger partial charge in [0.05, 0.1) is 11.4 Å². The van der Waals surface area contributed by atoms with Crippen LogP contribution in [0.25, 0.3) is 11.4 Å². The Morgan fingerprint density at radius 3 is 2.56 bits per heavy atom. The molecule has 0 aliphatic heterocycles. The number of hydrogen-bond donors (Lipinski definition) is 1. The summed E-state index contributed by atoms with van der Waals surface area (Å²) in [6.07, 6.45) is 4.50. The molecular weight excluding hydrogens is 222 g/mol. The Hall–Kier alpha value is -2.42. The van der Waals surface area contributed by atoms with E-state index in [9.17, 15) is 0 Å². The number of nitrogens with one attached hydrogen (secondary N) is 1. The van der Waals surface area contributed by atoms with Crippen molar-refractivity contribution in [2.45, 2.75) is 6.42 Å². The first-order chi connectivity index (χ1) is 8.92. The maximum atomic E-state index is 4.35. The van der Waals surface area contributed by atoms with Crippen molar-refractivity contribution >= 4 is 0 Å². The fourth-order valence-corrected chi connectivity index (χ4v) is 1.96. The molecule has 0 bridgehead atoms. The fourth-order valence-electron chi connectivity index (χ4n) is 1.96. The van der Waals surface area contributed by atoms with E-state index in [1.807, 2.05) is 24.4 Å². The van der Waals surface area contributed by atoms with Gasteiger partial charge in [-0.2, -0.15) is 5.10 Å². The summed E-state index contributed by atoms with van der Waals surface area (Å²) in [5, 5.41) is 6.88. The highest BCUT2D eigenvalue weighted by atomic mass is 15.1. The first-order valence-electron chi connectivity index (χ1n) is 5.90. The zero-order valence-corrected chi connectivity index (χ0v) is 9.88. The second-order valence-electron chi connectivity index (χ2n) is 4.18. The van der Waals surface area contributed by atoms with E-state index in [0.717, 1.165) is 17.8 Å². The van der Waals surface area contributed by atoms with Gasteiger partial charge in [-0.05, 0) is 35.7 Å². The van der Waals surface area contributed by atoms with E-state index in [1.165, 1.54) is 11.1 Å². The summed E-state index contributed by atoms with van der Waals surface area (Å²) in [6, 6.07) is 16.5. The SMILES string of the molecule is c1ccc(Cc2ccnc(-c3ccn[nH]3)c2)cc1. The summed E-state index contributed by atoms with van der Waals surface area (Å²) >= 11 is 0. The summed E-state index contributed by atoms with van der Waals surface area (Å²) in [4.78, 5) is 4.35. The molecule has 1 N–H and O–H groups in total. The number of nitrogens with zero attached hydrogens (tertiary/aromatic N) is 2. The lowest BCUT2D eigenvalue weighted by atomic mass is 10.1. The average Bonchev–Trinajstić information content (AvgIpc) is 2.94. The smallest absolute Gasteiger partial charge is 0.0883 e. The zero-order chi connectivity index (χ0) is 12.2. The van der Waals surface area contributed by atoms with Crippen molar-refractivity contribution in [3.8, 4) is 11.4 Å². The number of aromatic amines is 1. The van der Waals surface area contributed by atoms with Crippen LogP contribution in [0.3, 0.4) is 0 Å². The topological polar surface area (TPSA) is 41.6 Å². The van der Waals surface area contributed by atoms with Crippen LogP contribution >= 0.6 is 0 Å². The lowest BCUT2D eigenvalue weighted by Crippen LogP contribution is -1.91. The molecule has 0 fully saturated rings. The summed E-state index contributed by atoms with van der Waals surface area (Å²) in [5.74, 6) is 0. The highest BCUT2D eigenvalue weighted by Gasteiger charge is 2.02. The van der Waals surface area contributed by atoms with E-state index in [4.69, 9.17) is 0 Å². The van der Waals surface area contributed by atoms with Crippen molar-refractivity contribution in [2.24, 2.45) is 0 Å². The summed E-state index contributed by atoms with van der Waals surface area (Å²) in [6.45, 7) is 0. The van der Waals surface area contributed by atoms with E-state index >= 15 is 0 Å². The number of benzene rings is 1. The van der Waals surface area contributed by atoms with Gasteiger partial charge in [0.15, 0.2) is 0 Å². The number of H-pyrrole nitrogens is 1. The van der Waals surface area contributed by atoms with Gasteiger partial charge in [0.2, 0.25) is 0 Å². The van der Waals surface area contributed by atoms with Gasteiger partial charge < -0.3 is 0 Å². The first kappa shape index (κ1) is 10.7. The molecule has 0 atom stereocenters. The summed E-state index contributed by atoms with van der Waals surface area (Å²) in [5.41, 5.74) is 4.44. The van der Waals surface area contributed by atoms with Crippen LogP contribution in [0.1, 0.15) is 11.1 Å². The molecule has 0 spiro atoms. The van der Waals surface area contributed by atoms with Crippen molar-refractivity contribution in [2.75, 3.05) is 0 Å². The third-order valence-corrected chi connectivity index (χ3v) is 2.85. The molecule has 2 heterocycles. The van der Waals surface area contributed by atoms with Crippen molar-refractivity contribution in [1.82, 2.24) is 15.2 Å². The Balaban J connectivity index is 1.88. The van der Waals surface area contributed by atoms with E-state index in [-0.39, 0.29) is 0 Å². The minimum absolute atomic E-state index is 0.921. The molecule has 1 aromatic carbocycles. The van der Waals surface area contributed by atoms with Crippen LogP contribution in [-0.2, 0) is 6.42 Å². The lowest BCUT2D eigenvalue weighted by molar-refractivity contribution is 1.08. The predicted molar refractivity (Wildman–Crippen MR) is 71.1 cm³/mol. The molecule has 88 valence electrons. The standard InChI is InChI=1S/C15H13N3/c1-2-4-12(5-3-1)10-13-6-8-16-15(11-13)14-7-9-17-18-14/h1-9,11H,10H2,(H,17,18). The Labute approximate surface area is 106 Å². The Morgan fingerprint density at radius 1 is 0.889 bits per heavy atom. The average molecular weight is 235 g/mol. The summed E-state index contributed by atoms with van der Waals surface area (Å²) in [7, 11) is 0. The zero-order valence-electron chi connectivity index (χ0n) is 9.88. The monoisotopic (exact) mass is 235 g/mol. The maximum Gasteiger partial charge on any atom is 0.0883 e. The van der Waals surface area contributed by atoms with Gasteiger partial charge in [-0.15, -0.1) is 0 Å². The Morgan fingerprint density at radius 2 is 1.78 bits per heavy atom. The second kappa shape index (κ2) is 4.84. The van der Waals surface area contributed by atoms with Gasteiger partial charge in [-0.1, -0.05) is 30.3 Å². The van der Waals surface area contributed by atoms with Crippen LogP contribution in [0.2, 0.25) is 0 Å². The van der Waals surface area contributed by atoms with Crippen LogP contribution in [0.15, 0.2) is 60.9 Å². The molecule has 0 aliphatic rings. The third-order valence-electron chi connectivity index (χ3n) is 2.85. The van der Waals surface area contributed by atoms with E-state index < -0.39 is 0 Å². The molecule has 0 unspecified atom stereocenters. The molecule has 3 aromatic rings. The molecule has 0 saturated carbocycles. The van der Waals surface area contributed by atoms with Gasteiger partial charge in [0.25, 0.3) is 0 Å². The van der Waals surface area contributed by atoms with Crippen molar-refractivity contribution in [3.63, 3.8) is 0 Å². The van der Waals surface area contributed by atoms with E-state index in [1.54, 1.807) is 6.20 Å². The van der Waals surface area contributed by atoms with Gasteiger partial charge in [-0.3, -0.25) is 10.1 Å². The van der Waals surface area contributed by atoms with E-state index in [0.29, 0.717) is 0 Å². The molecule has 18 heavy (non-hydrogen) atoms. The quantitative estimate of drug-likeness (QED) is 0.758. The molecule has 2 aromatic heterocycles. The normalized spacial score (nSPS) is 10.4. The number of hydrogen-bond acceptors (Lipinski definition) is 2. The van der Waals surface area contributed by atoms with E-state index in [2.05, 4.69) is 45.5 Å². The Kier molecular flexibility index (Phi) is 2.88. The maximum absolute atomic E-state index is 4.35. The highest BCUT2D eigenvalue weighted by Crippen LogP contribution is 2.16. The van der Waals surface area contributed by atoms with Gasteiger partial charge in [-0.25, -0.2) is 0 Å². The molecule has 3 nitrogen and oxygen atoms in total. The van der Waals surface area contributed by atoms with Crippen LogP contribution < -0.4 is 0 Å². The highest BCUT2D eigenvalue weighted by molar-refractivity contribution is 5.54. The second-order valence-corrected chi connectivity index (χ2v) is 4.18. The fraction of sp³-hybridized carbons (Fsp3) is 0.0667. The van der Waals surface area contributed by atoms with Crippen LogP contribution in [0.5, 0.6) is 0 Å². The van der Waals surface area contributed by atoms with Gasteiger partial charge in [0.1, 0.15) is 0 Å². The largest absolute Gasteiger partial charge is 0.276 e. The Bertz CT molecular complexity index is 615. The predicted octanol–water partition coefficient (Wildman–Crippen LogP) is 3.06. The minimum Gasteiger partial charge on any atom is -0.276 e.